The van der Waals surface area contributed by atoms with Crippen LogP contribution >= 0.6 is 0 Å². The first-order valence-corrected chi connectivity index (χ1v) is 4.32. The molecule has 15 heavy (non-hydrogen) atoms. The Hall–Kier alpha value is -1.88. The van der Waals surface area contributed by atoms with Crippen LogP contribution in [-0.4, -0.2) is 28.6 Å². The number of aliphatic hydroxyl groups excluding tert-OH is 1. The van der Waals surface area contributed by atoms with E-state index in [2.05, 4.69) is 5.32 Å². The summed E-state index contributed by atoms with van der Waals surface area (Å²) < 4.78 is 0. The Balaban J connectivity index is 2.85. The molecule has 0 spiro atoms. The Labute approximate surface area is 86.4 Å². The quantitative estimate of drug-likeness (QED) is 0.592. The van der Waals surface area contributed by atoms with Crippen LogP contribution in [0.5, 0.6) is 0 Å². The molecule has 0 aliphatic rings. The normalized spacial score (nSPS) is 13.9. The Morgan fingerprint density at radius 3 is 2.40 bits per heavy atom. The van der Waals surface area contributed by atoms with Crippen molar-refractivity contribution in [2.75, 3.05) is 0 Å². The minimum Gasteiger partial charge on any atom is -0.480 e. The summed E-state index contributed by atoms with van der Waals surface area (Å²) in [6, 6.07) is 6.96. The van der Waals surface area contributed by atoms with Crippen molar-refractivity contribution in [3.63, 3.8) is 0 Å². The lowest BCUT2D eigenvalue weighted by Gasteiger charge is -2.18. The molecule has 0 fully saturated rings. The van der Waals surface area contributed by atoms with Gasteiger partial charge in [-0.1, -0.05) is 30.3 Å². The van der Waals surface area contributed by atoms with Crippen molar-refractivity contribution in [1.82, 2.24) is 5.32 Å². The van der Waals surface area contributed by atoms with Gasteiger partial charge in [0.15, 0.2) is 6.04 Å². The van der Waals surface area contributed by atoms with Gasteiger partial charge in [-0.2, -0.15) is 0 Å². The van der Waals surface area contributed by atoms with Gasteiger partial charge < -0.3 is 15.5 Å². The van der Waals surface area contributed by atoms with Gasteiger partial charge in [-0.05, 0) is 5.56 Å². The van der Waals surface area contributed by atoms with Crippen LogP contribution in [-0.2, 0) is 9.59 Å². The van der Waals surface area contributed by atoms with Crippen molar-refractivity contribution >= 4 is 12.4 Å². The van der Waals surface area contributed by atoms with E-state index >= 15 is 0 Å². The predicted octanol–water partition coefficient (Wildman–Crippen LogP) is -0.0808. The van der Waals surface area contributed by atoms with Crippen LogP contribution in [0.3, 0.4) is 0 Å². The number of benzene rings is 1. The van der Waals surface area contributed by atoms with Gasteiger partial charge in [0.05, 0.1) is 0 Å². The Morgan fingerprint density at radius 2 is 1.93 bits per heavy atom. The highest BCUT2D eigenvalue weighted by molar-refractivity contribution is 5.77. The van der Waals surface area contributed by atoms with Gasteiger partial charge >= 0.3 is 5.97 Å². The lowest BCUT2D eigenvalue weighted by molar-refractivity contribution is -0.143. The van der Waals surface area contributed by atoms with E-state index < -0.39 is 18.1 Å². The molecule has 0 heterocycles. The van der Waals surface area contributed by atoms with Gasteiger partial charge in [0.1, 0.15) is 6.10 Å². The van der Waals surface area contributed by atoms with Crippen LogP contribution in [0.15, 0.2) is 30.3 Å². The van der Waals surface area contributed by atoms with Crippen molar-refractivity contribution < 1.29 is 19.8 Å². The number of nitrogens with one attached hydrogen (secondary N) is 1. The molecule has 2 atom stereocenters. The van der Waals surface area contributed by atoms with E-state index in [4.69, 9.17) is 5.11 Å². The summed E-state index contributed by atoms with van der Waals surface area (Å²) in [5.74, 6) is -1.28. The van der Waals surface area contributed by atoms with Crippen LogP contribution < -0.4 is 5.32 Å². The molecule has 0 aliphatic heterocycles. The molecule has 0 saturated heterocycles. The molecule has 0 saturated carbocycles. The van der Waals surface area contributed by atoms with Crippen LogP contribution in [0.1, 0.15) is 11.7 Å². The molecule has 0 aliphatic carbocycles. The first-order valence-electron chi connectivity index (χ1n) is 4.32. The summed E-state index contributed by atoms with van der Waals surface area (Å²) >= 11 is 0. The number of rotatable bonds is 5. The maximum absolute atomic E-state index is 10.7. The molecule has 1 aromatic carbocycles. The topological polar surface area (TPSA) is 86.6 Å². The van der Waals surface area contributed by atoms with Crippen molar-refractivity contribution in [2.45, 2.75) is 12.1 Å². The minimum atomic E-state index is -1.33. The molecule has 3 N–H and O–H groups in total. The smallest absolute Gasteiger partial charge is 0.329 e. The lowest BCUT2D eigenvalue weighted by atomic mass is 10.0. The van der Waals surface area contributed by atoms with E-state index in [-0.39, 0.29) is 6.41 Å². The van der Waals surface area contributed by atoms with Crippen molar-refractivity contribution in [1.29, 1.82) is 0 Å². The number of aliphatic hydroxyl groups is 1. The van der Waals surface area contributed by atoms with Crippen LogP contribution in [0.4, 0.5) is 0 Å². The minimum absolute atomic E-state index is 0.255. The fourth-order valence-electron chi connectivity index (χ4n) is 1.21. The molecule has 1 rings (SSSR count). The molecular formula is C10H11NO4. The predicted molar refractivity (Wildman–Crippen MR) is 52.0 cm³/mol. The zero-order chi connectivity index (χ0) is 11.3. The fraction of sp³-hybridized carbons (Fsp3) is 0.200. The molecule has 0 aromatic heterocycles. The summed E-state index contributed by atoms with van der Waals surface area (Å²) in [4.78, 5) is 20.9. The maximum Gasteiger partial charge on any atom is 0.329 e. The summed E-state index contributed by atoms with van der Waals surface area (Å²) in [6.07, 6.45) is -1.00. The second kappa shape index (κ2) is 5.11. The molecular weight excluding hydrogens is 198 g/mol. The number of carbonyl (C=O) groups is 2. The molecule has 80 valence electrons. The Morgan fingerprint density at radius 1 is 1.33 bits per heavy atom. The summed E-state index contributed by atoms with van der Waals surface area (Å²) in [5, 5.41) is 20.5. The summed E-state index contributed by atoms with van der Waals surface area (Å²) in [5.41, 5.74) is 0.444. The zero-order valence-electron chi connectivity index (χ0n) is 7.83. The fourth-order valence-corrected chi connectivity index (χ4v) is 1.21. The monoisotopic (exact) mass is 209 g/mol. The molecule has 5 nitrogen and oxygen atoms in total. The van der Waals surface area contributed by atoms with E-state index in [0.717, 1.165) is 0 Å². The number of carboxylic acids is 1. The van der Waals surface area contributed by atoms with Gasteiger partial charge in [0, 0.05) is 0 Å². The molecule has 0 bridgehead atoms. The lowest BCUT2D eigenvalue weighted by Crippen LogP contribution is -2.40. The first-order chi connectivity index (χ1) is 7.16. The van der Waals surface area contributed by atoms with Crippen LogP contribution in [0.25, 0.3) is 0 Å². The Bertz CT molecular complexity index is 339. The maximum atomic E-state index is 10.7. The highest BCUT2D eigenvalue weighted by Crippen LogP contribution is 2.16. The number of hydrogen-bond donors (Lipinski definition) is 3. The molecule has 0 radical (unpaired) electrons. The second-order valence-electron chi connectivity index (χ2n) is 2.96. The first kappa shape index (κ1) is 11.2. The van der Waals surface area contributed by atoms with Crippen molar-refractivity contribution in [2.24, 2.45) is 0 Å². The molecule has 0 unspecified atom stereocenters. The largest absolute Gasteiger partial charge is 0.480 e. The van der Waals surface area contributed by atoms with E-state index in [1.807, 2.05) is 0 Å². The number of hydrogen-bond acceptors (Lipinski definition) is 3. The van der Waals surface area contributed by atoms with Gasteiger partial charge in [-0.3, -0.25) is 4.79 Å². The van der Waals surface area contributed by atoms with Gasteiger partial charge in [0.25, 0.3) is 0 Å². The average molecular weight is 209 g/mol. The van der Waals surface area contributed by atoms with Crippen LogP contribution in [0.2, 0.25) is 0 Å². The SMILES string of the molecule is O=CN[C@H](C(=O)O)[C@@H](O)c1ccccc1. The van der Waals surface area contributed by atoms with Gasteiger partial charge in [-0.15, -0.1) is 0 Å². The number of aliphatic carboxylic acids is 1. The molecule has 1 aromatic rings. The second-order valence-corrected chi connectivity index (χ2v) is 2.96. The van der Waals surface area contributed by atoms with Gasteiger partial charge in [-0.25, -0.2) is 4.79 Å². The third-order valence-corrected chi connectivity index (χ3v) is 1.97. The van der Waals surface area contributed by atoms with E-state index in [0.29, 0.717) is 5.56 Å². The van der Waals surface area contributed by atoms with E-state index in [1.165, 1.54) is 0 Å². The number of carbonyl (C=O) groups excluding carboxylic acids is 1. The Kier molecular flexibility index (Phi) is 3.82. The third kappa shape index (κ3) is 2.78. The molecule has 5 heteroatoms. The van der Waals surface area contributed by atoms with Crippen molar-refractivity contribution in [3.8, 4) is 0 Å². The van der Waals surface area contributed by atoms with Crippen LogP contribution in [0, 0.1) is 0 Å². The summed E-state index contributed by atoms with van der Waals surface area (Å²) in [7, 11) is 0. The zero-order valence-corrected chi connectivity index (χ0v) is 7.83. The summed E-state index contributed by atoms with van der Waals surface area (Å²) in [6.45, 7) is 0. The molecule has 1 amide bonds. The number of carboxylic acid groups (broad SMARTS) is 1. The third-order valence-electron chi connectivity index (χ3n) is 1.97. The average Bonchev–Trinajstić information content (AvgIpc) is 2.26. The van der Waals surface area contributed by atoms with E-state index in [1.54, 1.807) is 30.3 Å². The van der Waals surface area contributed by atoms with Gasteiger partial charge in [0.2, 0.25) is 6.41 Å². The van der Waals surface area contributed by atoms with E-state index in [9.17, 15) is 14.7 Å². The highest BCUT2D eigenvalue weighted by Gasteiger charge is 2.26. The number of amides is 1. The standard InChI is InChI=1S/C10H11NO4/c12-6-11-8(10(14)15)9(13)7-4-2-1-3-5-7/h1-6,8-9,13H,(H,11,12)(H,14,15)/t8-,9-/m0/s1. The highest BCUT2D eigenvalue weighted by atomic mass is 16.4. The van der Waals surface area contributed by atoms with Crippen molar-refractivity contribution in [3.05, 3.63) is 35.9 Å².